The second-order valence-corrected chi connectivity index (χ2v) is 10.4. The highest BCUT2D eigenvalue weighted by Crippen LogP contribution is 2.47. The maximum Gasteiger partial charge on any atom is 0.303 e. The summed E-state index contributed by atoms with van der Waals surface area (Å²) in [4.78, 5) is 11.0. The predicted molar refractivity (Wildman–Crippen MR) is 113 cm³/mol. The fourth-order valence-corrected chi connectivity index (χ4v) is 5.92. The molecule has 0 aromatic rings. The molecule has 2 heterocycles. The summed E-state index contributed by atoms with van der Waals surface area (Å²) >= 11 is 0. The molecule has 2 saturated heterocycles. The van der Waals surface area contributed by atoms with Gasteiger partial charge in [-0.05, 0) is 62.7 Å². The normalized spacial score (nSPS) is 39.6. The Hall–Kier alpha value is -0.650. The molecule has 1 spiro atoms. The molecule has 5 nitrogen and oxygen atoms in total. The molecule has 1 aliphatic carbocycles. The van der Waals surface area contributed by atoms with Gasteiger partial charge in [-0.1, -0.05) is 34.1 Å². The molecule has 0 unspecified atom stereocenters. The van der Waals surface area contributed by atoms with E-state index in [9.17, 15) is 4.79 Å². The van der Waals surface area contributed by atoms with E-state index in [0.29, 0.717) is 17.8 Å². The van der Waals surface area contributed by atoms with Gasteiger partial charge in [0.1, 0.15) is 0 Å². The van der Waals surface area contributed by atoms with Crippen LogP contribution >= 0.6 is 0 Å². The van der Waals surface area contributed by atoms with Gasteiger partial charge in [-0.25, -0.2) is 0 Å². The lowest BCUT2D eigenvalue weighted by Crippen LogP contribution is -2.55. The molecule has 2 aliphatic heterocycles. The average molecular weight is 411 g/mol. The van der Waals surface area contributed by atoms with E-state index in [1.54, 1.807) is 0 Å². The van der Waals surface area contributed by atoms with E-state index in [-0.39, 0.29) is 30.7 Å². The fourth-order valence-electron chi connectivity index (χ4n) is 5.92. The Morgan fingerprint density at radius 1 is 1.07 bits per heavy atom. The summed E-state index contributed by atoms with van der Waals surface area (Å²) < 4.78 is 19.5. The molecular weight excluding hydrogens is 368 g/mol. The van der Waals surface area contributed by atoms with Crippen LogP contribution in [0.1, 0.15) is 91.9 Å². The van der Waals surface area contributed by atoms with Gasteiger partial charge < -0.3 is 19.3 Å². The number of aliphatic carboxylic acids is 1. The van der Waals surface area contributed by atoms with E-state index in [0.717, 1.165) is 51.6 Å². The molecule has 5 heteroatoms. The molecule has 0 aromatic carbocycles. The number of hydrogen-bond donors (Lipinski definition) is 1. The van der Waals surface area contributed by atoms with Crippen LogP contribution in [0.25, 0.3) is 0 Å². The molecule has 3 fully saturated rings. The van der Waals surface area contributed by atoms with Gasteiger partial charge in [0, 0.05) is 18.8 Å². The molecule has 1 N–H and O–H groups in total. The van der Waals surface area contributed by atoms with Crippen LogP contribution in [-0.2, 0) is 19.0 Å². The first-order chi connectivity index (χ1) is 13.8. The molecule has 0 amide bonds. The minimum atomic E-state index is -0.716. The second kappa shape index (κ2) is 10.1. The molecule has 0 radical (unpaired) electrons. The molecule has 3 rings (SSSR count). The van der Waals surface area contributed by atoms with Crippen molar-refractivity contribution in [2.45, 2.75) is 116 Å². The first-order valence-corrected chi connectivity index (χ1v) is 12.0. The second-order valence-electron chi connectivity index (χ2n) is 10.4. The summed E-state index contributed by atoms with van der Waals surface area (Å²) in [6.07, 6.45) is 10.3. The smallest absolute Gasteiger partial charge is 0.303 e. The van der Waals surface area contributed by atoms with Crippen LogP contribution in [-0.4, -0.2) is 41.8 Å². The number of carbonyl (C=O) groups is 1. The average Bonchev–Trinajstić information content (AvgIpc) is 2.61. The third kappa shape index (κ3) is 6.18. The van der Waals surface area contributed by atoms with Gasteiger partial charge in [0.15, 0.2) is 5.79 Å². The molecule has 168 valence electrons. The summed E-state index contributed by atoms with van der Waals surface area (Å²) in [5.41, 5.74) is 0. The van der Waals surface area contributed by atoms with Crippen molar-refractivity contribution in [2.24, 2.45) is 23.7 Å². The number of rotatable bonds is 7. The highest BCUT2D eigenvalue weighted by molar-refractivity contribution is 5.66. The van der Waals surface area contributed by atoms with E-state index in [1.165, 1.54) is 12.8 Å². The van der Waals surface area contributed by atoms with Gasteiger partial charge in [0.25, 0.3) is 0 Å². The van der Waals surface area contributed by atoms with Gasteiger partial charge in [0.05, 0.1) is 24.9 Å². The van der Waals surface area contributed by atoms with Crippen molar-refractivity contribution in [3.63, 3.8) is 0 Å². The number of ether oxygens (including phenoxy) is 3. The van der Waals surface area contributed by atoms with E-state index in [2.05, 4.69) is 20.8 Å². The van der Waals surface area contributed by atoms with Crippen LogP contribution in [0.5, 0.6) is 0 Å². The Morgan fingerprint density at radius 3 is 2.55 bits per heavy atom. The van der Waals surface area contributed by atoms with Crippen molar-refractivity contribution < 1.29 is 24.1 Å². The monoisotopic (exact) mass is 410 g/mol. The van der Waals surface area contributed by atoms with Crippen molar-refractivity contribution >= 4 is 5.97 Å². The minimum Gasteiger partial charge on any atom is -0.481 e. The fraction of sp³-hybridized carbons (Fsp3) is 0.958. The summed E-state index contributed by atoms with van der Waals surface area (Å²) in [6, 6.07) is 0. The molecule has 0 bridgehead atoms. The zero-order chi connectivity index (χ0) is 21.0. The zero-order valence-electron chi connectivity index (χ0n) is 18.9. The Bertz CT molecular complexity index is 535. The predicted octanol–water partition coefficient (Wildman–Crippen LogP) is 5.41. The standard InChI is InChI=1S/C24H42O5/c1-16(2)22-9-8-17(3)15-24(22)27-11-10-21(29-24)14-20-7-5-6-19(28-20)12-18(4)13-23(25)26/h16-22H,5-15H2,1-4H3,(H,25,26)/t17-,18-,19+,20-,21+,22+,24+/m1/s1. The third-order valence-corrected chi connectivity index (χ3v) is 7.28. The van der Waals surface area contributed by atoms with E-state index >= 15 is 0 Å². The summed E-state index contributed by atoms with van der Waals surface area (Å²) in [7, 11) is 0. The highest BCUT2D eigenvalue weighted by atomic mass is 16.7. The number of hydrogen-bond acceptors (Lipinski definition) is 4. The van der Waals surface area contributed by atoms with Gasteiger partial charge in [0.2, 0.25) is 0 Å². The lowest BCUT2D eigenvalue weighted by Gasteiger charge is -2.51. The Labute approximate surface area is 176 Å². The molecule has 7 atom stereocenters. The van der Waals surface area contributed by atoms with Crippen LogP contribution < -0.4 is 0 Å². The Kier molecular flexibility index (Phi) is 8.02. The highest BCUT2D eigenvalue weighted by Gasteiger charge is 2.49. The molecule has 1 saturated carbocycles. The lowest BCUT2D eigenvalue weighted by molar-refractivity contribution is -0.342. The number of carboxylic acid groups (broad SMARTS) is 1. The molecular formula is C24H42O5. The van der Waals surface area contributed by atoms with Gasteiger partial charge in [-0.15, -0.1) is 0 Å². The first kappa shape index (κ1) is 23.0. The topological polar surface area (TPSA) is 65.0 Å². The number of carboxylic acids is 1. The van der Waals surface area contributed by atoms with Crippen LogP contribution in [0.4, 0.5) is 0 Å². The summed E-state index contributed by atoms with van der Waals surface area (Å²) in [6.45, 7) is 9.72. The van der Waals surface area contributed by atoms with Crippen molar-refractivity contribution in [3.8, 4) is 0 Å². The molecule has 0 aromatic heterocycles. The van der Waals surface area contributed by atoms with Gasteiger partial charge in [-0.2, -0.15) is 0 Å². The third-order valence-electron chi connectivity index (χ3n) is 7.28. The van der Waals surface area contributed by atoms with Crippen LogP contribution in [0.2, 0.25) is 0 Å². The van der Waals surface area contributed by atoms with Crippen LogP contribution in [0.15, 0.2) is 0 Å². The Balaban J connectivity index is 1.56. The van der Waals surface area contributed by atoms with Crippen LogP contribution in [0, 0.1) is 23.7 Å². The lowest BCUT2D eigenvalue weighted by atomic mass is 9.72. The van der Waals surface area contributed by atoms with Gasteiger partial charge in [-0.3, -0.25) is 4.79 Å². The van der Waals surface area contributed by atoms with Crippen LogP contribution in [0.3, 0.4) is 0 Å². The first-order valence-electron chi connectivity index (χ1n) is 12.0. The van der Waals surface area contributed by atoms with Crippen molar-refractivity contribution in [2.75, 3.05) is 6.61 Å². The quantitative estimate of drug-likeness (QED) is 0.608. The van der Waals surface area contributed by atoms with E-state index in [4.69, 9.17) is 19.3 Å². The van der Waals surface area contributed by atoms with Crippen molar-refractivity contribution in [3.05, 3.63) is 0 Å². The SMILES string of the molecule is CC(C)[C@@H]1CC[C@@H](C)C[C@@]12OCC[C@@H](C[C@H]1CCC[C@@H](C[C@@H](C)CC(=O)O)O1)O2. The van der Waals surface area contributed by atoms with Gasteiger partial charge >= 0.3 is 5.97 Å². The van der Waals surface area contributed by atoms with Crippen molar-refractivity contribution in [1.82, 2.24) is 0 Å². The maximum absolute atomic E-state index is 11.0. The van der Waals surface area contributed by atoms with E-state index in [1.807, 2.05) is 6.92 Å². The molecule has 3 aliphatic rings. The summed E-state index contributed by atoms with van der Waals surface area (Å²) in [5.74, 6) is 0.723. The maximum atomic E-state index is 11.0. The zero-order valence-corrected chi connectivity index (χ0v) is 18.9. The largest absolute Gasteiger partial charge is 0.481 e. The van der Waals surface area contributed by atoms with Crippen molar-refractivity contribution in [1.29, 1.82) is 0 Å². The summed E-state index contributed by atoms with van der Waals surface area (Å²) in [5, 5.41) is 9.01. The van der Waals surface area contributed by atoms with E-state index < -0.39 is 11.8 Å². The Morgan fingerprint density at radius 2 is 1.83 bits per heavy atom. The molecule has 29 heavy (non-hydrogen) atoms. The minimum absolute atomic E-state index is 0.161.